The van der Waals surface area contributed by atoms with E-state index in [1.807, 2.05) is 31.2 Å². The summed E-state index contributed by atoms with van der Waals surface area (Å²) in [6.45, 7) is 6.10. The highest BCUT2D eigenvalue weighted by atomic mass is 16.2. The Bertz CT molecular complexity index is 396. The molecular weight excluding hydrogens is 190 g/mol. The second-order valence-corrected chi connectivity index (χ2v) is 3.27. The first-order chi connectivity index (χ1) is 7.15. The van der Waals surface area contributed by atoms with Gasteiger partial charge in [-0.25, -0.2) is 0 Å². The van der Waals surface area contributed by atoms with Crippen molar-refractivity contribution in [2.75, 3.05) is 0 Å². The van der Waals surface area contributed by atoms with E-state index in [4.69, 9.17) is 0 Å². The Hall–Kier alpha value is -1.90. The Morgan fingerprint density at radius 3 is 2.73 bits per heavy atom. The fraction of sp³-hybridized carbons (Fsp3) is 0.167. The lowest BCUT2D eigenvalue weighted by atomic mass is 10.0. The van der Waals surface area contributed by atoms with Crippen molar-refractivity contribution in [2.24, 2.45) is 0 Å². The lowest BCUT2D eigenvalue weighted by molar-refractivity contribution is -0.131. The zero-order valence-corrected chi connectivity index (χ0v) is 8.62. The van der Waals surface area contributed by atoms with E-state index in [1.54, 1.807) is 0 Å². The second-order valence-electron chi connectivity index (χ2n) is 3.27. The molecule has 0 aliphatic heterocycles. The number of hydrogen-bond donors (Lipinski definition) is 1. The SMILES string of the molecule is C=C(C)c1ccccc1CNC(=O)C=O. The summed E-state index contributed by atoms with van der Waals surface area (Å²) in [5, 5.41) is 2.50. The third-order valence-electron chi connectivity index (χ3n) is 2.04. The summed E-state index contributed by atoms with van der Waals surface area (Å²) in [5.41, 5.74) is 2.90. The summed E-state index contributed by atoms with van der Waals surface area (Å²) in [4.78, 5) is 20.9. The zero-order valence-electron chi connectivity index (χ0n) is 8.62. The predicted molar refractivity (Wildman–Crippen MR) is 59.1 cm³/mol. The van der Waals surface area contributed by atoms with Crippen LogP contribution in [0.25, 0.3) is 5.57 Å². The molecule has 0 saturated carbocycles. The van der Waals surface area contributed by atoms with Gasteiger partial charge in [-0.2, -0.15) is 0 Å². The summed E-state index contributed by atoms with van der Waals surface area (Å²) < 4.78 is 0. The Morgan fingerprint density at radius 2 is 2.13 bits per heavy atom. The van der Waals surface area contributed by atoms with E-state index in [0.29, 0.717) is 6.54 Å². The largest absolute Gasteiger partial charge is 0.346 e. The number of rotatable bonds is 4. The smallest absolute Gasteiger partial charge is 0.284 e. The fourth-order valence-electron chi connectivity index (χ4n) is 1.31. The summed E-state index contributed by atoms with van der Waals surface area (Å²) in [5.74, 6) is -0.605. The minimum absolute atomic E-state index is 0.267. The highest BCUT2D eigenvalue weighted by molar-refractivity contribution is 6.23. The van der Waals surface area contributed by atoms with Crippen LogP contribution in [0.3, 0.4) is 0 Å². The van der Waals surface area contributed by atoms with Gasteiger partial charge in [0, 0.05) is 6.54 Å². The van der Waals surface area contributed by atoms with Crippen LogP contribution < -0.4 is 5.32 Å². The Labute approximate surface area is 88.8 Å². The maximum atomic E-state index is 10.8. The number of hydrogen-bond acceptors (Lipinski definition) is 2. The molecule has 1 rings (SSSR count). The highest BCUT2D eigenvalue weighted by Gasteiger charge is 2.03. The Morgan fingerprint density at radius 1 is 1.47 bits per heavy atom. The van der Waals surface area contributed by atoms with Crippen LogP contribution in [0, 0.1) is 0 Å². The third-order valence-corrected chi connectivity index (χ3v) is 2.04. The van der Waals surface area contributed by atoms with E-state index >= 15 is 0 Å². The van der Waals surface area contributed by atoms with Crippen LogP contribution in [0.15, 0.2) is 30.8 Å². The van der Waals surface area contributed by atoms with Crippen LogP contribution in [0.1, 0.15) is 18.1 Å². The molecule has 1 amide bonds. The molecule has 1 aromatic carbocycles. The van der Waals surface area contributed by atoms with Crippen molar-refractivity contribution in [1.82, 2.24) is 5.32 Å². The topological polar surface area (TPSA) is 46.2 Å². The Balaban J connectivity index is 2.80. The van der Waals surface area contributed by atoms with Crippen molar-refractivity contribution < 1.29 is 9.59 Å². The second kappa shape index (κ2) is 5.10. The maximum Gasteiger partial charge on any atom is 0.284 e. The van der Waals surface area contributed by atoms with Gasteiger partial charge < -0.3 is 5.32 Å². The number of amides is 1. The van der Waals surface area contributed by atoms with Gasteiger partial charge in [0.2, 0.25) is 6.29 Å². The molecule has 0 aromatic heterocycles. The molecule has 15 heavy (non-hydrogen) atoms. The van der Waals surface area contributed by atoms with Crippen molar-refractivity contribution in [1.29, 1.82) is 0 Å². The standard InChI is InChI=1S/C12H13NO2/c1-9(2)11-6-4-3-5-10(11)7-13-12(15)8-14/h3-6,8H,1,7H2,2H3,(H,13,15). The van der Waals surface area contributed by atoms with Gasteiger partial charge >= 0.3 is 0 Å². The predicted octanol–water partition coefficient (Wildman–Crippen LogP) is 1.53. The number of benzene rings is 1. The van der Waals surface area contributed by atoms with Crippen molar-refractivity contribution in [3.63, 3.8) is 0 Å². The summed E-state index contributed by atoms with van der Waals surface area (Å²) >= 11 is 0. The molecule has 1 aromatic rings. The van der Waals surface area contributed by atoms with Crippen LogP contribution >= 0.6 is 0 Å². The van der Waals surface area contributed by atoms with Crippen LogP contribution in [0.2, 0.25) is 0 Å². The first-order valence-electron chi connectivity index (χ1n) is 4.62. The summed E-state index contributed by atoms with van der Waals surface area (Å²) in [6, 6.07) is 7.63. The zero-order chi connectivity index (χ0) is 11.3. The molecule has 1 N–H and O–H groups in total. The summed E-state index contributed by atoms with van der Waals surface area (Å²) in [6.07, 6.45) is 0.267. The molecule has 0 aliphatic rings. The summed E-state index contributed by atoms with van der Waals surface area (Å²) in [7, 11) is 0. The normalized spacial score (nSPS) is 9.40. The van der Waals surface area contributed by atoms with Gasteiger partial charge in [-0.1, -0.05) is 36.4 Å². The minimum atomic E-state index is -0.605. The average Bonchev–Trinajstić information content (AvgIpc) is 2.26. The van der Waals surface area contributed by atoms with Gasteiger partial charge in [0.15, 0.2) is 0 Å². The van der Waals surface area contributed by atoms with Gasteiger partial charge in [0.05, 0.1) is 0 Å². The van der Waals surface area contributed by atoms with E-state index in [0.717, 1.165) is 16.7 Å². The van der Waals surface area contributed by atoms with E-state index in [9.17, 15) is 9.59 Å². The molecule has 0 bridgehead atoms. The molecule has 0 unspecified atom stereocenters. The molecule has 0 spiro atoms. The van der Waals surface area contributed by atoms with E-state index in [2.05, 4.69) is 11.9 Å². The molecule has 3 heteroatoms. The van der Waals surface area contributed by atoms with Crippen LogP contribution in [-0.4, -0.2) is 12.2 Å². The minimum Gasteiger partial charge on any atom is -0.346 e. The number of carbonyl (C=O) groups is 2. The number of nitrogens with one attached hydrogen (secondary N) is 1. The highest BCUT2D eigenvalue weighted by Crippen LogP contribution is 2.16. The number of carbonyl (C=O) groups excluding carboxylic acids is 2. The van der Waals surface area contributed by atoms with E-state index in [1.165, 1.54) is 0 Å². The van der Waals surface area contributed by atoms with Gasteiger partial charge in [-0.05, 0) is 18.1 Å². The average molecular weight is 203 g/mol. The molecule has 0 atom stereocenters. The van der Waals surface area contributed by atoms with E-state index < -0.39 is 5.91 Å². The third kappa shape index (κ3) is 3.06. The monoisotopic (exact) mass is 203 g/mol. The quantitative estimate of drug-likeness (QED) is 0.596. The molecule has 0 saturated heterocycles. The van der Waals surface area contributed by atoms with Crippen LogP contribution in [0.5, 0.6) is 0 Å². The van der Waals surface area contributed by atoms with E-state index in [-0.39, 0.29) is 6.29 Å². The van der Waals surface area contributed by atoms with Crippen molar-refractivity contribution in [3.8, 4) is 0 Å². The van der Waals surface area contributed by atoms with Crippen LogP contribution in [0.4, 0.5) is 0 Å². The first kappa shape index (κ1) is 11.2. The van der Waals surface area contributed by atoms with Gasteiger partial charge in [0.1, 0.15) is 0 Å². The van der Waals surface area contributed by atoms with Gasteiger partial charge in [-0.15, -0.1) is 0 Å². The fourth-order valence-corrected chi connectivity index (χ4v) is 1.31. The molecule has 78 valence electrons. The molecule has 3 nitrogen and oxygen atoms in total. The van der Waals surface area contributed by atoms with Gasteiger partial charge in [0.25, 0.3) is 5.91 Å². The molecule has 0 fully saturated rings. The molecule has 0 aliphatic carbocycles. The van der Waals surface area contributed by atoms with Crippen molar-refractivity contribution >= 4 is 17.8 Å². The lowest BCUT2D eigenvalue weighted by Crippen LogP contribution is -2.23. The van der Waals surface area contributed by atoms with Crippen molar-refractivity contribution in [2.45, 2.75) is 13.5 Å². The Kier molecular flexibility index (Phi) is 3.80. The lowest BCUT2D eigenvalue weighted by Gasteiger charge is -2.08. The maximum absolute atomic E-state index is 10.8. The molecular formula is C12H13NO2. The van der Waals surface area contributed by atoms with Crippen molar-refractivity contribution in [3.05, 3.63) is 42.0 Å². The molecule has 0 radical (unpaired) electrons. The number of aldehydes is 1. The van der Waals surface area contributed by atoms with Crippen LogP contribution in [-0.2, 0) is 16.1 Å². The molecule has 0 heterocycles. The number of allylic oxidation sites excluding steroid dienone is 1. The first-order valence-corrected chi connectivity index (χ1v) is 4.62. The van der Waals surface area contributed by atoms with Gasteiger partial charge in [-0.3, -0.25) is 9.59 Å².